The molecule has 2 aromatic rings. The lowest BCUT2D eigenvalue weighted by Crippen LogP contribution is -2.23. The number of rotatable bonds is 5. The number of furan rings is 1. The number of hydrogen-bond donors (Lipinski definition) is 3. The zero-order chi connectivity index (χ0) is 13.2. The van der Waals surface area contributed by atoms with Gasteiger partial charge < -0.3 is 14.5 Å². The van der Waals surface area contributed by atoms with Crippen LogP contribution >= 0.6 is 15.9 Å². The first kappa shape index (κ1) is 13.3. The first-order valence-corrected chi connectivity index (χ1v) is 7.16. The van der Waals surface area contributed by atoms with Gasteiger partial charge in [0.1, 0.15) is 17.3 Å². The van der Waals surface area contributed by atoms with E-state index in [9.17, 15) is 8.42 Å². The van der Waals surface area contributed by atoms with Gasteiger partial charge in [-0.15, -0.1) is 0 Å². The highest BCUT2D eigenvalue weighted by Crippen LogP contribution is 2.26. The smallest absolute Gasteiger partial charge is 0.245 e. The number of imidazole rings is 1. The summed E-state index contributed by atoms with van der Waals surface area (Å²) in [5.41, 5.74) is 0.639. The van der Waals surface area contributed by atoms with E-state index in [1.54, 1.807) is 0 Å². The fourth-order valence-corrected chi connectivity index (χ4v) is 3.29. The van der Waals surface area contributed by atoms with Crippen LogP contribution in [0.2, 0.25) is 0 Å². The largest absolute Gasteiger partial charge is 0.450 e. The third-order valence-corrected chi connectivity index (χ3v) is 4.42. The van der Waals surface area contributed by atoms with Crippen molar-refractivity contribution in [1.29, 1.82) is 0 Å². The van der Waals surface area contributed by atoms with Gasteiger partial charge in [0.25, 0.3) is 0 Å². The molecule has 0 aliphatic carbocycles. The minimum Gasteiger partial charge on any atom is -0.450 e. The number of aliphatic hydroxyl groups is 1. The Balaban J connectivity index is 2.17. The second-order valence-electron chi connectivity index (χ2n) is 3.41. The Morgan fingerprint density at radius 3 is 2.89 bits per heavy atom. The van der Waals surface area contributed by atoms with Crippen molar-refractivity contribution in [1.82, 2.24) is 14.7 Å². The number of sulfonamides is 1. The summed E-state index contributed by atoms with van der Waals surface area (Å²) in [4.78, 5) is 6.51. The zero-order valence-corrected chi connectivity index (χ0v) is 11.5. The van der Waals surface area contributed by atoms with Gasteiger partial charge in [0, 0.05) is 18.0 Å². The third-order valence-electron chi connectivity index (χ3n) is 2.16. The van der Waals surface area contributed by atoms with Crippen LogP contribution in [-0.4, -0.2) is 23.5 Å². The van der Waals surface area contributed by atoms with Gasteiger partial charge in [-0.3, -0.25) is 0 Å². The highest BCUT2D eigenvalue weighted by Gasteiger charge is 2.22. The third kappa shape index (κ3) is 2.80. The van der Waals surface area contributed by atoms with E-state index in [0.717, 1.165) is 0 Å². The molecule has 0 radical (unpaired) electrons. The molecule has 0 bridgehead atoms. The first-order chi connectivity index (χ1) is 8.53. The lowest BCUT2D eigenvalue weighted by atomic mass is 10.5. The predicted molar refractivity (Wildman–Crippen MR) is 64.9 cm³/mol. The number of nitrogens with zero attached hydrogens (tertiary/aromatic N) is 1. The summed E-state index contributed by atoms with van der Waals surface area (Å²) in [5.74, 6) is 0.170. The highest BCUT2D eigenvalue weighted by molar-refractivity contribution is 9.10. The predicted octanol–water partition coefficient (Wildman–Crippen LogP) is 0.736. The van der Waals surface area contributed by atoms with Gasteiger partial charge in [-0.2, -0.15) is 0 Å². The van der Waals surface area contributed by atoms with Crippen LogP contribution in [0.15, 0.2) is 32.6 Å². The molecule has 2 aromatic heterocycles. The van der Waals surface area contributed by atoms with Crippen molar-refractivity contribution in [2.24, 2.45) is 0 Å². The molecule has 7 nitrogen and oxygen atoms in total. The summed E-state index contributed by atoms with van der Waals surface area (Å²) in [6, 6.07) is 1.26. The fraction of sp³-hybridized carbons (Fsp3) is 0.222. The maximum Gasteiger partial charge on any atom is 0.245 e. The Hall–Kier alpha value is -1.16. The van der Waals surface area contributed by atoms with Crippen LogP contribution in [-0.2, 0) is 23.2 Å². The van der Waals surface area contributed by atoms with Gasteiger partial charge in [-0.1, -0.05) is 0 Å². The molecule has 0 spiro atoms. The van der Waals surface area contributed by atoms with Crippen LogP contribution < -0.4 is 4.72 Å². The van der Waals surface area contributed by atoms with E-state index < -0.39 is 10.0 Å². The maximum absolute atomic E-state index is 12.0. The highest BCUT2D eigenvalue weighted by atomic mass is 79.9. The lowest BCUT2D eigenvalue weighted by Gasteiger charge is -2.03. The van der Waals surface area contributed by atoms with E-state index in [1.165, 1.54) is 18.6 Å². The molecule has 0 aliphatic rings. The van der Waals surface area contributed by atoms with Gasteiger partial charge >= 0.3 is 0 Å². The second kappa shape index (κ2) is 5.22. The van der Waals surface area contributed by atoms with E-state index in [-0.39, 0.29) is 28.5 Å². The Morgan fingerprint density at radius 2 is 2.33 bits per heavy atom. The molecule has 2 heterocycles. The van der Waals surface area contributed by atoms with E-state index >= 15 is 0 Å². The Morgan fingerprint density at radius 1 is 1.56 bits per heavy atom. The first-order valence-electron chi connectivity index (χ1n) is 4.89. The lowest BCUT2D eigenvalue weighted by molar-refractivity contribution is 0.245. The van der Waals surface area contributed by atoms with Gasteiger partial charge in [-0.25, -0.2) is 18.1 Å². The van der Waals surface area contributed by atoms with Crippen LogP contribution in [0.3, 0.4) is 0 Å². The van der Waals surface area contributed by atoms with Crippen molar-refractivity contribution in [3.8, 4) is 0 Å². The molecule has 18 heavy (non-hydrogen) atoms. The van der Waals surface area contributed by atoms with E-state index in [0.29, 0.717) is 5.69 Å². The molecule has 3 N–H and O–H groups in total. The molecule has 0 aliphatic heterocycles. The molecule has 9 heteroatoms. The number of hydrogen-bond acceptors (Lipinski definition) is 5. The van der Waals surface area contributed by atoms with Crippen molar-refractivity contribution in [3.63, 3.8) is 0 Å². The number of nitrogens with one attached hydrogen (secondary N) is 2. The monoisotopic (exact) mass is 335 g/mol. The van der Waals surface area contributed by atoms with Crippen LogP contribution in [0.5, 0.6) is 0 Å². The zero-order valence-electron chi connectivity index (χ0n) is 9.05. The number of aromatic nitrogens is 2. The summed E-state index contributed by atoms with van der Waals surface area (Å²) >= 11 is 3.00. The molecule has 0 amide bonds. The summed E-state index contributed by atoms with van der Waals surface area (Å²) < 4.78 is 31.4. The number of aromatic amines is 1. The topological polar surface area (TPSA) is 108 Å². The normalized spacial score (nSPS) is 11.9. The quantitative estimate of drug-likeness (QED) is 0.746. The van der Waals surface area contributed by atoms with E-state index in [4.69, 9.17) is 9.52 Å². The average Bonchev–Trinajstić information content (AvgIpc) is 2.95. The molecule has 0 saturated carbocycles. The van der Waals surface area contributed by atoms with Crippen molar-refractivity contribution >= 4 is 26.0 Å². The minimum atomic E-state index is -3.71. The second-order valence-corrected chi connectivity index (χ2v) is 5.87. The Kier molecular flexibility index (Phi) is 3.85. The van der Waals surface area contributed by atoms with Crippen molar-refractivity contribution in [3.05, 3.63) is 34.7 Å². The van der Waals surface area contributed by atoms with E-state index in [2.05, 4.69) is 30.6 Å². The molecule has 0 unspecified atom stereocenters. The molecule has 2 rings (SSSR count). The van der Waals surface area contributed by atoms with Crippen LogP contribution in [0.4, 0.5) is 0 Å². The van der Waals surface area contributed by atoms with Gasteiger partial charge in [-0.05, 0) is 15.9 Å². The standard InChI is InChI=1S/C9H10BrN3O4S/c10-9-8(1-7(4-14)17-9)18(15,16)13-3-6-2-11-5-12-6/h1-2,5,13-14H,3-4H2,(H,11,12). The molecule has 98 valence electrons. The average molecular weight is 336 g/mol. The van der Waals surface area contributed by atoms with Gasteiger partial charge in [0.15, 0.2) is 4.67 Å². The summed E-state index contributed by atoms with van der Waals surface area (Å²) in [6.45, 7) is -0.275. The molecule has 0 saturated heterocycles. The van der Waals surface area contributed by atoms with Crippen molar-refractivity contribution < 1.29 is 17.9 Å². The van der Waals surface area contributed by atoms with E-state index in [1.807, 2.05) is 0 Å². The summed E-state index contributed by atoms with van der Waals surface area (Å²) in [6.07, 6.45) is 2.98. The van der Waals surface area contributed by atoms with Crippen molar-refractivity contribution in [2.75, 3.05) is 0 Å². The van der Waals surface area contributed by atoms with Gasteiger partial charge in [0.2, 0.25) is 10.0 Å². The molecule has 0 fully saturated rings. The molecular formula is C9H10BrN3O4S. The molecule has 0 atom stereocenters. The number of halogens is 1. The van der Waals surface area contributed by atoms with Crippen LogP contribution in [0.25, 0.3) is 0 Å². The molecule has 0 aromatic carbocycles. The fourth-order valence-electron chi connectivity index (χ4n) is 1.29. The minimum absolute atomic E-state index is 0.0499. The maximum atomic E-state index is 12.0. The SMILES string of the molecule is O=S(=O)(NCc1cnc[nH]1)c1cc(CO)oc1Br. The Bertz CT molecular complexity index is 620. The van der Waals surface area contributed by atoms with Crippen LogP contribution in [0, 0.1) is 0 Å². The number of aliphatic hydroxyl groups excluding tert-OH is 1. The number of H-pyrrole nitrogens is 1. The van der Waals surface area contributed by atoms with Crippen molar-refractivity contribution in [2.45, 2.75) is 18.0 Å². The van der Waals surface area contributed by atoms with Gasteiger partial charge in [0.05, 0.1) is 12.9 Å². The summed E-state index contributed by atoms with van der Waals surface area (Å²) in [5, 5.41) is 8.88. The Labute approximate surface area is 111 Å². The summed E-state index contributed by atoms with van der Waals surface area (Å²) in [7, 11) is -3.71. The van der Waals surface area contributed by atoms with Crippen LogP contribution in [0.1, 0.15) is 11.5 Å². The molecular weight excluding hydrogens is 326 g/mol.